The lowest BCUT2D eigenvalue weighted by Crippen LogP contribution is -2.71. The summed E-state index contributed by atoms with van der Waals surface area (Å²) in [6.07, 6.45) is 5.17. The zero-order valence-corrected chi connectivity index (χ0v) is 22.3. The molecule has 1 fully saturated rings. The summed E-state index contributed by atoms with van der Waals surface area (Å²) in [6, 6.07) is 4.49. The van der Waals surface area contributed by atoms with Gasteiger partial charge in [0, 0.05) is 22.8 Å². The molecule has 0 unspecified atom stereocenters. The molecule has 2 aliphatic heterocycles. The van der Waals surface area contributed by atoms with Crippen molar-refractivity contribution in [3.05, 3.63) is 58.6 Å². The van der Waals surface area contributed by atoms with E-state index in [1.165, 1.54) is 17.1 Å². The van der Waals surface area contributed by atoms with Gasteiger partial charge in [-0.25, -0.2) is 14.0 Å². The molecular weight excluding hydrogens is 568 g/mol. The number of alkyl halides is 1. The van der Waals surface area contributed by atoms with Gasteiger partial charge < -0.3 is 25.8 Å². The lowest BCUT2D eigenvalue weighted by Gasteiger charge is -2.50. The monoisotopic (exact) mass is 586 g/mol. The average Bonchev–Trinajstić information content (AvgIpc) is 3.54. The second-order valence-electron chi connectivity index (χ2n) is 8.35. The van der Waals surface area contributed by atoms with Crippen molar-refractivity contribution in [3.63, 3.8) is 0 Å². The summed E-state index contributed by atoms with van der Waals surface area (Å²) < 4.78 is 3.57. The van der Waals surface area contributed by atoms with E-state index in [0.717, 1.165) is 21.9 Å². The molecule has 0 aromatic carbocycles. The smallest absolute Gasteiger partial charge is 0.286 e. The maximum Gasteiger partial charge on any atom is 0.286 e. The summed E-state index contributed by atoms with van der Waals surface area (Å²) in [4.78, 5) is 48.6. The van der Waals surface area contributed by atoms with Gasteiger partial charge >= 0.3 is 0 Å². The topological polar surface area (TPSA) is 183 Å². The molecule has 13 nitrogen and oxygen atoms in total. The first kappa shape index (κ1) is 26.5. The number of hydrogen-bond donors (Lipinski definition) is 2. The number of carbonyl (C=O) groups excluding carboxylic acids is 3. The summed E-state index contributed by atoms with van der Waals surface area (Å²) in [6.45, 7) is 0.232. The minimum absolute atomic E-state index is 0.0454. The van der Waals surface area contributed by atoms with Crippen molar-refractivity contribution < 1.29 is 28.7 Å². The van der Waals surface area contributed by atoms with Crippen LogP contribution in [0.25, 0.3) is 5.65 Å². The van der Waals surface area contributed by atoms with Gasteiger partial charge in [-0.1, -0.05) is 5.16 Å². The van der Waals surface area contributed by atoms with Gasteiger partial charge in [0.05, 0.1) is 23.1 Å². The second-order valence-corrected chi connectivity index (χ2v) is 10.7. The number of halogens is 1. The maximum atomic E-state index is 13.1. The number of nitrogen functional groups attached to an aromatic ring is 1. The number of thioether (sulfide) groups is 1. The number of hydrogen-bond acceptors (Lipinski definition) is 11. The number of carbonyl (C=O) groups is 3. The highest BCUT2D eigenvalue weighted by molar-refractivity contribution is 8.00. The number of pyridine rings is 1. The second kappa shape index (κ2) is 10.9. The van der Waals surface area contributed by atoms with E-state index < -0.39 is 29.2 Å². The number of β-lactam (4-membered cyclic amide) rings is 1. The Morgan fingerprint density at radius 2 is 2.26 bits per heavy atom. The van der Waals surface area contributed by atoms with Crippen LogP contribution >= 0.6 is 34.7 Å². The predicted molar refractivity (Wildman–Crippen MR) is 139 cm³/mol. The molecule has 3 N–H and O–H groups in total. The summed E-state index contributed by atoms with van der Waals surface area (Å²) in [5, 5.41) is 28.8. The molecule has 0 aliphatic carbocycles. The van der Waals surface area contributed by atoms with Gasteiger partial charge in [-0.15, -0.1) is 34.7 Å². The number of anilines is 1. The maximum absolute atomic E-state index is 13.1. The van der Waals surface area contributed by atoms with Gasteiger partial charge in [0.1, 0.15) is 54.9 Å². The van der Waals surface area contributed by atoms with Crippen LogP contribution in [0.3, 0.4) is 0 Å². The Hall–Kier alpha value is -4.13. The molecule has 5 heterocycles. The highest BCUT2D eigenvalue weighted by atomic mass is 35.5. The van der Waals surface area contributed by atoms with Crippen molar-refractivity contribution >= 4 is 69.0 Å². The van der Waals surface area contributed by atoms with E-state index in [2.05, 4.69) is 21.5 Å². The number of oxime groups is 1. The van der Waals surface area contributed by atoms with Crippen molar-refractivity contribution in [1.82, 2.24) is 19.8 Å². The van der Waals surface area contributed by atoms with Crippen LogP contribution in [0.1, 0.15) is 11.3 Å². The standard InChI is InChI=1S/C23H19ClN8O5S2/c24-3-6-37-29-16(14-11-39-23(26)27-14)19(33)28-17-20(34)32-18(22(35)36)13(10-38-21(17)32)9-31-5-4-30-8-12(7-25)1-2-15(30)31/h1-2,4-5,8,11,17,21H,3,6,9-10H2,(H3-,26,27,28,33,35,36)/b29-16-/t17-,21-/m1/s1. The molecule has 3 aromatic rings. The zero-order valence-electron chi connectivity index (χ0n) is 19.9. The molecule has 0 radical (unpaired) electrons. The van der Waals surface area contributed by atoms with Crippen molar-refractivity contribution in [2.75, 3.05) is 24.0 Å². The number of rotatable bonds is 9. The van der Waals surface area contributed by atoms with Gasteiger partial charge in [0.2, 0.25) is 0 Å². The molecular formula is C23H19ClN8O5S2. The lowest BCUT2D eigenvalue weighted by molar-refractivity contribution is -0.510. The number of amides is 2. The molecule has 2 amide bonds. The Balaban J connectivity index is 1.36. The van der Waals surface area contributed by atoms with E-state index in [9.17, 15) is 19.5 Å². The van der Waals surface area contributed by atoms with E-state index in [4.69, 9.17) is 27.4 Å². The van der Waals surface area contributed by atoms with Crippen molar-refractivity contribution in [3.8, 4) is 6.07 Å². The summed E-state index contributed by atoms with van der Waals surface area (Å²) in [7, 11) is 0. The fourth-order valence-corrected chi connectivity index (χ4v) is 6.21. The SMILES string of the molecule is N#Cc1ccc2n(CC3=C(C(=O)[O-])N4C(=O)[C@@H](NC(=O)/C(=N\OCCCl)c5csc(N)n5)[C@H]4SC3)cc[n+]2c1. The number of carboxylic acids is 1. The number of nitriles is 1. The number of aliphatic carboxylic acids is 1. The Labute approximate surface area is 234 Å². The molecule has 16 heteroatoms. The molecule has 2 aliphatic rings. The summed E-state index contributed by atoms with van der Waals surface area (Å²) in [5.74, 6) is -2.38. The lowest BCUT2D eigenvalue weighted by atomic mass is 10.0. The van der Waals surface area contributed by atoms with Crippen LogP contribution in [0, 0.1) is 11.3 Å². The van der Waals surface area contributed by atoms with Crippen LogP contribution in [0.15, 0.2) is 52.5 Å². The van der Waals surface area contributed by atoms with Gasteiger partial charge in [-0.2, -0.15) is 5.26 Å². The normalized spacial score (nSPS) is 18.9. The van der Waals surface area contributed by atoms with E-state index in [1.807, 2.05) is 4.57 Å². The molecule has 5 rings (SSSR count). The van der Waals surface area contributed by atoms with E-state index in [-0.39, 0.29) is 47.0 Å². The van der Waals surface area contributed by atoms with Gasteiger partial charge in [-0.3, -0.25) is 14.5 Å². The molecule has 200 valence electrons. The first-order valence-corrected chi connectivity index (χ1v) is 13.8. The third-order valence-corrected chi connectivity index (χ3v) is 8.15. The molecule has 3 aromatic heterocycles. The first-order valence-electron chi connectivity index (χ1n) is 11.4. The molecule has 0 saturated carbocycles. The number of aromatic nitrogens is 3. The molecule has 2 atom stereocenters. The average molecular weight is 587 g/mol. The third-order valence-electron chi connectivity index (χ3n) is 5.98. The van der Waals surface area contributed by atoms with E-state index in [1.54, 1.807) is 35.1 Å². The number of nitrogens with one attached hydrogen (secondary N) is 1. The van der Waals surface area contributed by atoms with Gasteiger partial charge in [0.15, 0.2) is 10.8 Å². The third kappa shape index (κ3) is 5.01. The van der Waals surface area contributed by atoms with Crippen LogP contribution in [0.2, 0.25) is 0 Å². The van der Waals surface area contributed by atoms with Crippen LogP contribution in [0.5, 0.6) is 0 Å². The summed E-state index contributed by atoms with van der Waals surface area (Å²) in [5.41, 5.74) is 7.13. The summed E-state index contributed by atoms with van der Waals surface area (Å²) >= 11 is 8.03. The fourth-order valence-electron chi connectivity index (χ4n) is 4.26. The van der Waals surface area contributed by atoms with Crippen LogP contribution < -0.4 is 20.6 Å². The van der Waals surface area contributed by atoms with E-state index in [0.29, 0.717) is 11.1 Å². The minimum Gasteiger partial charge on any atom is -0.543 e. The number of nitrogens with zero attached hydrogens (tertiary/aromatic N) is 6. The Kier molecular flexibility index (Phi) is 7.42. The van der Waals surface area contributed by atoms with Gasteiger partial charge in [0.25, 0.3) is 17.5 Å². The molecule has 0 bridgehead atoms. The molecule has 0 spiro atoms. The Bertz CT molecular complexity index is 1590. The zero-order chi connectivity index (χ0) is 27.7. The molecule has 1 saturated heterocycles. The van der Waals surface area contributed by atoms with Crippen LogP contribution in [-0.2, 0) is 25.8 Å². The first-order chi connectivity index (χ1) is 18.8. The van der Waals surface area contributed by atoms with E-state index >= 15 is 0 Å². The Morgan fingerprint density at radius 1 is 1.44 bits per heavy atom. The number of thiazole rings is 1. The van der Waals surface area contributed by atoms with Crippen LogP contribution in [0.4, 0.5) is 5.13 Å². The van der Waals surface area contributed by atoms with Gasteiger partial charge in [-0.05, 0) is 6.07 Å². The molecule has 39 heavy (non-hydrogen) atoms. The highest BCUT2D eigenvalue weighted by Gasteiger charge is 2.53. The number of carboxylic acid groups (broad SMARTS) is 1. The number of fused-ring (bicyclic) bond motifs is 2. The quantitative estimate of drug-likeness (QED) is 0.0809. The van der Waals surface area contributed by atoms with Crippen molar-refractivity contribution in [2.45, 2.75) is 18.0 Å². The van der Waals surface area contributed by atoms with Crippen LogP contribution in [-0.4, -0.2) is 67.6 Å². The predicted octanol–water partition coefficient (Wildman–Crippen LogP) is -0.799. The minimum atomic E-state index is -1.49. The largest absolute Gasteiger partial charge is 0.543 e. The number of imidazole rings is 1. The Morgan fingerprint density at radius 3 is 2.95 bits per heavy atom. The number of nitrogens with two attached hydrogens (primary N) is 1. The highest BCUT2D eigenvalue weighted by Crippen LogP contribution is 2.40. The van der Waals surface area contributed by atoms with Crippen molar-refractivity contribution in [2.24, 2.45) is 5.16 Å². The fraction of sp³-hybridized carbons (Fsp3) is 0.261. The van der Waals surface area contributed by atoms with Crippen molar-refractivity contribution in [1.29, 1.82) is 5.26 Å².